The number of halogens is 2. The molecule has 2 atom stereocenters. The lowest BCUT2D eigenvalue weighted by Gasteiger charge is -2.29. The van der Waals surface area contributed by atoms with Crippen molar-refractivity contribution in [1.82, 2.24) is 10.6 Å². The topological polar surface area (TPSA) is 41.1 Å². The van der Waals surface area contributed by atoms with E-state index in [0.29, 0.717) is 22.7 Å². The Labute approximate surface area is 124 Å². The van der Waals surface area contributed by atoms with Gasteiger partial charge in [-0.15, -0.1) is 12.4 Å². The van der Waals surface area contributed by atoms with Gasteiger partial charge in [0.05, 0.1) is 10.6 Å². The predicted molar refractivity (Wildman–Crippen MR) is 79.1 cm³/mol. The van der Waals surface area contributed by atoms with Gasteiger partial charge in [-0.2, -0.15) is 0 Å². The first-order valence-electron chi connectivity index (χ1n) is 6.54. The number of fused-ring (bicyclic) bond motifs is 2. The van der Waals surface area contributed by atoms with E-state index in [1.54, 1.807) is 12.1 Å². The molecule has 0 radical (unpaired) electrons. The number of hydrogen-bond donors (Lipinski definition) is 2. The van der Waals surface area contributed by atoms with Crippen LogP contribution in [0.4, 0.5) is 0 Å². The summed E-state index contributed by atoms with van der Waals surface area (Å²) in [7, 11) is 0. The molecule has 0 aliphatic carbocycles. The van der Waals surface area contributed by atoms with E-state index in [4.69, 9.17) is 11.6 Å². The minimum absolute atomic E-state index is 0. The first-order valence-corrected chi connectivity index (χ1v) is 6.91. The molecule has 2 bridgehead atoms. The van der Waals surface area contributed by atoms with Gasteiger partial charge in [-0.05, 0) is 37.8 Å². The van der Waals surface area contributed by atoms with E-state index in [-0.39, 0.29) is 24.4 Å². The molecule has 2 aliphatic heterocycles. The van der Waals surface area contributed by atoms with Crippen LogP contribution in [0.15, 0.2) is 24.3 Å². The standard InChI is InChI=1S/C14H17ClN2O.ClH/c15-13-4-2-1-3-12(13)14(18)17-11-7-9-5-6-10(8-11)16-9;/h1-4,9-11,16H,5-8H2,(H,17,18);1H. The van der Waals surface area contributed by atoms with Crippen LogP contribution in [0.3, 0.4) is 0 Å². The number of amides is 1. The Hall–Kier alpha value is -0.770. The monoisotopic (exact) mass is 300 g/mol. The van der Waals surface area contributed by atoms with Crippen molar-refractivity contribution in [3.8, 4) is 0 Å². The Balaban J connectivity index is 0.00000133. The predicted octanol–water partition coefficient (Wildman–Crippen LogP) is 2.77. The fourth-order valence-corrected chi connectivity index (χ4v) is 3.31. The molecular formula is C14H18Cl2N2O. The summed E-state index contributed by atoms with van der Waals surface area (Å²) in [4.78, 5) is 12.2. The van der Waals surface area contributed by atoms with Crippen molar-refractivity contribution in [1.29, 1.82) is 0 Å². The van der Waals surface area contributed by atoms with E-state index in [1.165, 1.54) is 12.8 Å². The van der Waals surface area contributed by atoms with Crippen LogP contribution in [-0.4, -0.2) is 24.0 Å². The second-order valence-electron chi connectivity index (χ2n) is 5.26. The number of carbonyl (C=O) groups is 1. The molecule has 0 saturated carbocycles. The molecule has 2 saturated heterocycles. The van der Waals surface area contributed by atoms with E-state index >= 15 is 0 Å². The summed E-state index contributed by atoms with van der Waals surface area (Å²) in [6, 6.07) is 8.65. The smallest absolute Gasteiger partial charge is 0.253 e. The van der Waals surface area contributed by atoms with Gasteiger partial charge in [0.1, 0.15) is 0 Å². The highest BCUT2D eigenvalue weighted by Crippen LogP contribution is 2.27. The van der Waals surface area contributed by atoms with E-state index in [0.717, 1.165) is 12.8 Å². The number of carbonyl (C=O) groups excluding carboxylic acids is 1. The van der Waals surface area contributed by atoms with E-state index in [9.17, 15) is 4.79 Å². The molecule has 1 aromatic carbocycles. The van der Waals surface area contributed by atoms with Crippen molar-refractivity contribution < 1.29 is 4.79 Å². The van der Waals surface area contributed by atoms with Crippen LogP contribution in [0.1, 0.15) is 36.0 Å². The van der Waals surface area contributed by atoms with Gasteiger partial charge in [0, 0.05) is 18.1 Å². The van der Waals surface area contributed by atoms with Gasteiger partial charge in [0.15, 0.2) is 0 Å². The summed E-state index contributed by atoms with van der Waals surface area (Å²) in [5.41, 5.74) is 0.574. The molecule has 104 valence electrons. The summed E-state index contributed by atoms with van der Waals surface area (Å²) >= 11 is 6.03. The summed E-state index contributed by atoms with van der Waals surface area (Å²) in [6.07, 6.45) is 4.55. The molecular weight excluding hydrogens is 283 g/mol. The second-order valence-corrected chi connectivity index (χ2v) is 5.67. The van der Waals surface area contributed by atoms with Crippen LogP contribution < -0.4 is 10.6 Å². The maximum absolute atomic E-state index is 12.2. The van der Waals surface area contributed by atoms with Crippen molar-refractivity contribution in [2.75, 3.05) is 0 Å². The number of benzene rings is 1. The highest BCUT2D eigenvalue weighted by atomic mass is 35.5. The summed E-state index contributed by atoms with van der Waals surface area (Å²) < 4.78 is 0. The van der Waals surface area contributed by atoms with Gasteiger partial charge in [-0.3, -0.25) is 4.79 Å². The number of rotatable bonds is 2. The number of nitrogens with one attached hydrogen (secondary N) is 2. The van der Waals surface area contributed by atoms with Crippen molar-refractivity contribution >= 4 is 29.9 Å². The molecule has 0 spiro atoms. The molecule has 2 fully saturated rings. The summed E-state index contributed by atoms with van der Waals surface area (Å²) in [5.74, 6) is -0.0492. The molecule has 3 nitrogen and oxygen atoms in total. The SMILES string of the molecule is Cl.O=C(NC1CC2CCC(C1)N2)c1ccccc1Cl. The zero-order valence-corrected chi connectivity index (χ0v) is 12.1. The van der Waals surface area contributed by atoms with Gasteiger partial charge in [0.2, 0.25) is 0 Å². The fraction of sp³-hybridized carbons (Fsp3) is 0.500. The minimum Gasteiger partial charge on any atom is -0.349 e. The highest BCUT2D eigenvalue weighted by Gasteiger charge is 2.34. The molecule has 1 aromatic rings. The third kappa shape index (κ3) is 3.22. The molecule has 2 aliphatic rings. The normalized spacial score (nSPS) is 28.6. The van der Waals surface area contributed by atoms with Crippen LogP contribution >= 0.6 is 24.0 Å². The first-order chi connectivity index (χ1) is 8.72. The van der Waals surface area contributed by atoms with Crippen molar-refractivity contribution in [2.45, 2.75) is 43.8 Å². The molecule has 2 N–H and O–H groups in total. The minimum atomic E-state index is -0.0492. The van der Waals surface area contributed by atoms with E-state index in [2.05, 4.69) is 10.6 Å². The van der Waals surface area contributed by atoms with Gasteiger partial charge >= 0.3 is 0 Å². The maximum Gasteiger partial charge on any atom is 0.253 e. The molecule has 2 heterocycles. The largest absolute Gasteiger partial charge is 0.349 e. The Kier molecular flexibility index (Phi) is 4.71. The Morgan fingerprint density at radius 3 is 2.47 bits per heavy atom. The average molecular weight is 301 g/mol. The molecule has 5 heteroatoms. The molecule has 2 unspecified atom stereocenters. The number of hydrogen-bond acceptors (Lipinski definition) is 2. The Morgan fingerprint density at radius 1 is 1.21 bits per heavy atom. The average Bonchev–Trinajstić information content (AvgIpc) is 2.69. The van der Waals surface area contributed by atoms with Crippen LogP contribution in [0.25, 0.3) is 0 Å². The third-order valence-electron chi connectivity index (χ3n) is 3.93. The van der Waals surface area contributed by atoms with Crippen LogP contribution in [-0.2, 0) is 0 Å². The van der Waals surface area contributed by atoms with Crippen molar-refractivity contribution in [3.63, 3.8) is 0 Å². The van der Waals surface area contributed by atoms with E-state index in [1.807, 2.05) is 12.1 Å². The van der Waals surface area contributed by atoms with Crippen LogP contribution in [0, 0.1) is 0 Å². The Bertz CT molecular complexity index is 455. The summed E-state index contributed by atoms with van der Waals surface area (Å²) in [5, 5.41) is 7.20. The second kappa shape index (κ2) is 6.12. The van der Waals surface area contributed by atoms with Gasteiger partial charge in [-0.25, -0.2) is 0 Å². The molecule has 0 aromatic heterocycles. The zero-order valence-electron chi connectivity index (χ0n) is 10.6. The highest BCUT2D eigenvalue weighted by molar-refractivity contribution is 6.33. The molecule has 1 amide bonds. The molecule has 19 heavy (non-hydrogen) atoms. The fourth-order valence-electron chi connectivity index (χ4n) is 3.08. The van der Waals surface area contributed by atoms with Crippen molar-refractivity contribution in [3.05, 3.63) is 34.9 Å². The van der Waals surface area contributed by atoms with Crippen LogP contribution in [0.5, 0.6) is 0 Å². The molecule has 3 rings (SSSR count). The maximum atomic E-state index is 12.2. The number of piperidine rings is 1. The van der Waals surface area contributed by atoms with Gasteiger partial charge < -0.3 is 10.6 Å². The summed E-state index contributed by atoms with van der Waals surface area (Å²) in [6.45, 7) is 0. The van der Waals surface area contributed by atoms with Gasteiger partial charge in [-0.1, -0.05) is 23.7 Å². The lowest BCUT2D eigenvalue weighted by atomic mass is 9.99. The van der Waals surface area contributed by atoms with Crippen LogP contribution in [0.2, 0.25) is 5.02 Å². The third-order valence-corrected chi connectivity index (χ3v) is 4.26. The van der Waals surface area contributed by atoms with Crippen molar-refractivity contribution in [2.24, 2.45) is 0 Å². The zero-order chi connectivity index (χ0) is 12.5. The lowest BCUT2D eigenvalue weighted by molar-refractivity contribution is 0.0924. The van der Waals surface area contributed by atoms with E-state index < -0.39 is 0 Å². The Morgan fingerprint density at radius 2 is 1.84 bits per heavy atom. The van der Waals surface area contributed by atoms with Gasteiger partial charge in [0.25, 0.3) is 5.91 Å². The first kappa shape index (κ1) is 14.6. The lowest BCUT2D eigenvalue weighted by Crippen LogP contribution is -2.48. The quantitative estimate of drug-likeness (QED) is 0.882.